The van der Waals surface area contributed by atoms with Gasteiger partial charge >= 0.3 is 17.9 Å². The molecule has 6 unspecified atom stereocenters. The maximum atomic E-state index is 13.6. The number of hydrogen-bond acceptors (Lipinski definition) is 18. The number of rotatable bonds is 33. The Balaban J connectivity index is 1.12. The van der Waals surface area contributed by atoms with Crippen LogP contribution in [0.15, 0.2) is 48.5 Å². The predicted octanol–water partition coefficient (Wildman–Crippen LogP) is 3.23. The summed E-state index contributed by atoms with van der Waals surface area (Å²) >= 11 is 0. The van der Waals surface area contributed by atoms with Crippen molar-refractivity contribution in [3.05, 3.63) is 70.8 Å². The summed E-state index contributed by atoms with van der Waals surface area (Å²) in [4.78, 5) is 91.8. The number of hydrogen-bond donors (Lipinski definition) is 2. The van der Waals surface area contributed by atoms with Crippen molar-refractivity contribution in [1.29, 1.82) is 0 Å². The molecule has 0 bridgehead atoms. The Kier molecular flexibility index (Phi) is 21.8. The van der Waals surface area contributed by atoms with Gasteiger partial charge in [-0.1, -0.05) is 42.8 Å². The van der Waals surface area contributed by atoms with Crippen molar-refractivity contribution in [2.45, 2.75) is 94.7 Å². The Morgan fingerprint density at radius 3 is 1.63 bits per heavy atom. The highest BCUT2D eigenvalue weighted by Crippen LogP contribution is 2.30. The minimum Gasteiger partial charge on any atom is -0.463 e. The van der Waals surface area contributed by atoms with Crippen molar-refractivity contribution in [1.82, 2.24) is 0 Å². The lowest BCUT2D eigenvalue weighted by atomic mass is 9.81. The van der Waals surface area contributed by atoms with Gasteiger partial charge in [-0.05, 0) is 31.4 Å². The highest BCUT2D eigenvalue weighted by atomic mass is 16.6. The fourth-order valence-electron chi connectivity index (χ4n) is 6.89. The monoisotopic (exact) mass is 912 g/mol. The van der Waals surface area contributed by atoms with Gasteiger partial charge in [0, 0.05) is 41.5 Å². The third kappa shape index (κ3) is 19.3. The summed E-state index contributed by atoms with van der Waals surface area (Å²) in [6.07, 6.45) is -2.16. The first-order valence-corrected chi connectivity index (χ1v) is 22.2. The van der Waals surface area contributed by atoms with E-state index in [1.807, 2.05) is 6.07 Å². The molecule has 5 rings (SSSR count). The minimum absolute atomic E-state index is 0.0172. The van der Waals surface area contributed by atoms with Gasteiger partial charge < -0.3 is 52.8 Å². The predicted molar refractivity (Wildman–Crippen MR) is 226 cm³/mol. The number of ketones is 4. The molecule has 2 aromatic carbocycles. The molecular weight excluding hydrogens is 852 g/mol. The zero-order chi connectivity index (χ0) is 46.4. The second kappa shape index (κ2) is 27.6. The van der Waals surface area contributed by atoms with Gasteiger partial charge in [0.2, 0.25) is 0 Å². The number of Topliss-reactive ketones (excluding diaryl/α,β-unsaturated/α-hetero) is 4. The average Bonchev–Trinajstić information content (AvgIpc) is 4.27. The largest absolute Gasteiger partial charge is 0.463 e. The van der Waals surface area contributed by atoms with Crippen LogP contribution in [0.2, 0.25) is 0 Å². The van der Waals surface area contributed by atoms with Crippen LogP contribution in [0, 0.1) is 5.92 Å². The van der Waals surface area contributed by atoms with Gasteiger partial charge in [0.1, 0.15) is 43.7 Å². The summed E-state index contributed by atoms with van der Waals surface area (Å²) in [6.45, 7) is 2.31. The Hall–Kier alpha value is -4.79. The molecule has 2 N–H and O–H groups in total. The van der Waals surface area contributed by atoms with E-state index in [2.05, 4.69) is 0 Å². The number of epoxide rings is 2. The van der Waals surface area contributed by atoms with E-state index in [9.17, 15) is 43.8 Å². The summed E-state index contributed by atoms with van der Waals surface area (Å²) < 4.78 is 47.4. The molecule has 18 heteroatoms. The van der Waals surface area contributed by atoms with Crippen LogP contribution in [0.25, 0.3) is 0 Å². The van der Waals surface area contributed by atoms with Gasteiger partial charge in [0.15, 0.2) is 23.1 Å². The zero-order valence-electron chi connectivity index (χ0n) is 36.6. The molecule has 0 radical (unpaired) electrons. The smallest absolute Gasteiger partial charge is 0.306 e. The van der Waals surface area contributed by atoms with Crippen molar-refractivity contribution in [2.75, 3.05) is 79.3 Å². The number of carbonyl (C=O) groups excluding carboxylic acids is 7. The molecule has 18 nitrogen and oxygen atoms in total. The van der Waals surface area contributed by atoms with E-state index >= 15 is 0 Å². The molecule has 1 aliphatic carbocycles. The Bertz CT molecular complexity index is 1880. The number of esters is 3. The Labute approximate surface area is 377 Å². The highest BCUT2D eigenvalue weighted by molar-refractivity contribution is 6.11. The van der Waals surface area contributed by atoms with Gasteiger partial charge in [0.05, 0.1) is 91.2 Å². The molecule has 65 heavy (non-hydrogen) atoms. The fourth-order valence-corrected chi connectivity index (χ4v) is 6.89. The van der Waals surface area contributed by atoms with E-state index < -0.39 is 78.9 Å². The van der Waals surface area contributed by atoms with Crippen LogP contribution in [0.5, 0.6) is 0 Å². The van der Waals surface area contributed by atoms with Crippen molar-refractivity contribution in [3.8, 4) is 0 Å². The maximum Gasteiger partial charge on any atom is 0.306 e. The van der Waals surface area contributed by atoms with Crippen LogP contribution in [-0.4, -0.2) is 161 Å². The molecule has 2 aromatic rings. The van der Waals surface area contributed by atoms with Crippen LogP contribution < -0.4 is 0 Å². The SMILES string of the molecule is O=C(CCC(=O)c1ccc(C(=O)CCC(=O)OC2CCCCC2C(=O)c2ccccc2)cc1C(=O)CCC(=O)OCC(O)COCCOCC1CO1)OCC(O)COCCOCC1CO1. The van der Waals surface area contributed by atoms with E-state index in [0.29, 0.717) is 58.0 Å². The van der Waals surface area contributed by atoms with Crippen molar-refractivity contribution < 1.29 is 86.4 Å². The minimum atomic E-state index is -1.13. The first-order valence-electron chi connectivity index (χ1n) is 22.2. The number of aliphatic hydroxyl groups is 2. The summed E-state index contributed by atoms with van der Waals surface area (Å²) in [7, 11) is 0. The molecule has 0 aromatic heterocycles. The van der Waals surface area contributed by atoms with E-state index in [1.54, 1.807) is 24.3 Å². The highest BCUT2D eigenvalue weighted by Gasteiger charge is 2.34. The molecule has 1 saturated carbocycles. The third-order valence-corrected chi connectivity index (χ3v) is 10.6. The summed E-state index contributed by atoms with van der Waals surface area (Å²) in [5.74, 6) is -4.68. The number of carbonyl (C=O) groups is 7. The van der Waals surface area contributed by atoms with Gasteiger partial charge in [-0.15, -0.1) is 0 Å². The fraction of sp³-hybridized carbons (Fsp3) is 0.596. The normalized spacial score (nSPS) is 19.7. The van der Waals surface area contributed by atoms with E-state index in [4.69, 9.17) is 42.6 Å². The second-order valence-electron chi connectivity index (χ2n) is 16.1. The molecule has 2 heterocycles. The first kappa shape index (κ1) is 51.2. The molecule has 2 aliphatic heterocycles. The molecule has 2 saturated heterocycles. The van der Waals surface area contributed by atoms with E-state index in [-0.39, 0.29) is 93.4 Å². The summed E-state index contributed by atoms with van der Waals surface area (Å²) in [6, 6.07) is 12.6. The molecule has 0 spiro atoms. The maximum absolute atomic E-state index is 13.6. The van der Waals surface area contributed by atoms with Crippen LogP contribution in [0.4, 0.5) is 0 Å². The Morgan fingerprint density at radius 1 is 0.554 bits per heavy atom. The van der Waals surface area contributed by atoms with E-state index in [0.717, 1.165) is 12.8 Å². The lowest BCUT2D eigenvalue weighted by molar-refractivity contribution is -0.152. The van der Waals surface area contributed by atoms with Crippen LogP contribution >= 0.6 is 0 Å². The quantitative estimate of drug-likeness (QED) is 0.0343. The van der Waals surface area contributed by atoms with Gasteiger partial charge in [-0.25, -0.2) is 0 Å². The molecule has 6 atom stereocenters. The van der Waals surface area contributed by atoms with Crippen molar-refractivity contribution in [2.24, 2.45) is 5.92 Å². The molecule has 3 aliphatic rings. The van der Waals surface area contributed by atoms with Gasteiger partial charge in [-0.2, -0.15) is 0 Å². The van der Waals surface area contributed by atoms with Gasteiger partial charge in [-0.3, -0.25) is 33.6 Å². The lowest BCUT2D eigenvalue weighted by Gasteiger charge is -2.30. The summed E-state index contributed by atoms with van der Waals surface area (Å²) in [5.41, 5.74) is 0.262. The molecule has 356 valence electrons. The standard InChI is InChI=1S/C47H60O18/c48-33(23-57-18-20-59-27-35-29-61-35)25-63-44(53)15-13-41(51)37-11-10-32(22-39(37)42(52)14-16-45(54)64-26-34(49)24-58-19-21-60-28-36-30-62-36)40(50)12-17-46(55)65-43-9-5-4-8-38(43)47(56)31-6-2-1-3-7-31/h1-3,6-7,10-11,22,33-36,38,43,48-49H,4-5,8-9,12-21,23-30H2. The van der Waals surface area contributed by atoms with Crippen LogP contribution in [0.1, 0.15) is 106 Å². The second-order valence-corrected chi connectivity index (χ2v) is 16.1. The molecular formula is C47H60O18. The Morgan fingerprint density at radius 2 is 1.06 bits per heavy atom. The zero-order valence-corrected chi connectivity index (χ0v) is 36.6. The number of aliphatic hydroxyl groups excluding tert-OH is 2. The first-order chi connectivity index (χ1) is 31.5. The van der Waals surface area contributed by atoms with Crippen molar-refractivity contribution >= 4 is 41.0 Å². The molecule has 3 fully saturated rings. The van der Waals surface area contributed by atoms with Crippen LogP contribution in [-0.2, 0) is 57.0 Å². The third-order valence-electron chi connectivity index (χ3n) is 10.6. The van der Waals surface area contributed by atoms with Crippen LogP contribution in [0.3, 0.4) is 0 Å². The summed E-state index contributed by atoms with van der Waals surface area (Å²) in [5, 5.41) is 20.3. The lowest BCUT2D eigenvalue weighted by Crippen LogP contribution is -2.35. The van der Waals surface area contributed by atoms with Gasteiger partial charge in [0.25, 0.3) is 0 Å². The van der Waals surface area contributed by atoms with Crippen molar-refractivity contribution in [3.63, 3.8) is 0 Å². The van der Waals surface area contributed by atoms with E-state index in [1.165, 1.54) is 18.2 Å². The average molecular weight is 913 g/mol. The number of benzene rings is 2. The number of ether oxygens (including phenoxy) is 9. The molecule has 0 amide bonds. The topological polar surface area (TPSA) is 250 Å².